The largest absolute Gasteiger partial charge is 0.355 e. The molecule has 2 aromatic rings. The lowest BCUT2D eigenvalue weighted by molar-refractivity contribution is -0.125. The zero-order chi connectivity index (χ0) is 23.7. The Labute approximate surface area is 205 Å². The molecular weight excluding hydrogens is 483 g/mol. The summed E-state index contributed by atoms with van der Waals surface area (Å²) in [4.78, 5) is 12.6. The highest BCUT2D eigenvalue weighted by Gasteiger charge is 2.31. The molecule has 1 N–H and O–H groups in total. The zero-order valence-corrected chi connectivity index (χ0v) is 20.9. The van der Waals surface area contributed by atoms with Gasteiger partial charge in [0, 0.05) is 41.7 Å². The van der Waals surface area contributed by atoms with Crippen LogP contribution in [0.3, 0.4) is 0 Å². The van der Waals surface area contributed by atoms with Crippen LogP contribution in [0.15, 0.2) is 48.5 Å². The Balaban J connectivity index is 1.39. The van der Waals surface area contributed by atoms with Gasteiger partial charge in [0.2, 0.25) is 15.9 Å². The smallest absolute Gasteiger partial charge is 0.224 e. The molecule has 1 aliphatic rings. The first-order chi connectivity index (χ1) is 15.9. The van der Waals surface area contributed by atoms with E-state index in [-0.39, 0.29) is 29.9 Å². The summed E-state index contributed by atoms with van der Waals surface area (Å²) in [5.41, 5.74) is 1.59. The minimum atomic E-state index is -3.39. The van der Waals surface area contributed by atoms with E-state index in [2.05, 4.69) is 5.32 Å². The summed E-state index contributed by atoms with van der Waals surface area (Å²) in [6.07, 6.45) is 2.63. The molecule has 9 heteroatoms. The number of sulfonamides is 1. The summed E-state index contributed by atoms with van der Waals surface area (Å²) in [7, 11) is -3.39. The summed E-state index contributed by atoms with van der Waals surface area (Å²) in [5, 5.41) is 3.30. The second-order valence-electron chi connectivity index (χ2n) is 8.15. The second kappa shape index (κ2) is 12.7. The van der Waals surface area contributed by atoms with E-state index in [1.807, 2.05) is 30.3 Å². The number of thioether (sulfide) groups is 1. The third-order valence-corrected chi connectivity index (χ3v) is 8.98. The first-order valence-corrected chi connectivity index (χ1v) is 14.3. The van der Waals surface area contributed by atoms with Gasteiger partial charge < -0.3 is 5.32 Å². The summed E-state index contributed by atoms with van der Waals surface area (Å²) < 4.78 is 40.8. The van der Waals surface area contributed by atoms with Gasteiger partial charge in [-0.15, -0.1) is 0 Å². The third kappa shape index (κ3) is 7.98. The fourth-order valence-corrected chi connectivity index (χ4v) is 6.66. The van der Waals surface area contributed by atoms with E-state index in [1.165, 1.54) is 22.1 Å². The highest BCUT2D eigenvalue weighted by atomic mass is 35.5. The molecule has 180 valence electrons. The number of nitrogens with one attached hydrogen (secondary N) is 1. The minimum Gasteiger partial charge on any atom is -0.355 e. The second-order valence-corrected chi connectivity index (χ2v) is 11.7. The van der Waals surface area contributed by atoms with Gasteiger partial charge in [0.15, 0.2) is 0 Å². The normalized spacial score (nSPS) is 17.1. The number of benzene rings is 2. The van der Waals surface area contributed by atoms with Crippen molar-refractivity contribution >= 4 is 39.3 Å². The maximum Gasteiger partial charge on any atom is 0.224 e. The maximum atomic E-state index is 13.8. The van der Waals surface area contributed by atoms with E-state index < -0.39 is 10.0 Å². The van der Waals surface area contributed by atoms with Crippen molar-refractivity contribution < 1.29 is 17.6 Å². The maximum absolute atomic E-state index is 13.8. The molecule has 1 heterocycles. The van der Waals surface area contributed by atoms with Crippen LogP contribution in [0.2, 0.25) is 5.02 Å². The number of hydrogen-bond donors (Lipinski definition) is 1. The minimum absolute atomic E-state index is 0.0888. The van der Waals surface area contributed by atoms with Crippen molar-refractivity contribution in [3.63, 3.8) is 0 Å². The van der Waals surface area contributed by atoms with E-state index in [0.29, 0.717) is 60.9 Å². The SMILES string of the molecule is O=C(NCCSCc1c(F)cccc1Cl)[C@H]1CCCN(S(=O)(=O)CCCc2ccccc2)C1. The number of carbonyl (C=O) groups excluding carboxylic acids is 1. The summed E-state index contributed by atoms with van der Waals surface area (Å²) in [6, 6.07) is 14.4. The predicted molar refractivity (Wildman–Crippen MR) is 133 cm³/mol. The molecule has 1 amide bonds. The molecule has 0 bridgehead atoms. The van der Waals surface area contributed by atoms with Crippen LogP contribution in [0.4, 0.5) is 4.39 Å². The van der Waals surface area contributed by atoms with Crippen LogP contribution >= 0.6 is 23.4 Å². The lowest BCUT2D eigenvalue weighted by atomic mass is 9.99. The van der Waals surface area contributed by atoms with Crippen molar-refractivity contribution in [3.8, 4) is 0 Å². The van der Waals surface area contributed by atoms with Crippen LogP contribution < -0.4 is 5.32 Å². The Morgan fingerprint density at radius 1 is 1.18 bits per heavy atom. The first kappa shape index (κ1) is 26.0. The topological polar surface area (TPSA) is 66.5 Å². The monoisotopic (exact) mass is 512 g/mol. The first-order valence-electron chi connectivity index (χ1n) is 11.2. The van der Waals surface area contributed by atoms with Crippen molar-refractivity contribution in [3.05, 3.63) is 70.5 Å². The molecule has 5 nitrogen and oxygen atoms in total. The van der Waals surface area contributed by atoms with Gasteiger partial charge >= 0.3 is 0 Å². The van der Waals surface area contributed by atoms with Gasteiger partial charge in [-0.2, -0.15) is 11.8 Å². The van der Waals surface area contributed by atoms with Crippen molar-refractivity contribution in [2.45, 2.75) is 31.4 Å². The van der Waals surface area contributed by atoms with Gasteiger partial charge in [-0.3, -0.25) is 4.79 Å². The molecule has 0 saturated carbocycles. The van der Waals surface area contributed by atoms with E-state index in [0.717, 1.165) is 5.56 Å². The van der Waals surface area contributed by atoms with Crippen LogP contribution in [0, 0.1) is 11.7 Å². The van der Waals surface area contributed by atoms with Crippen LogP contribution in [-0.4, -0.2) is 49.8 Å². The molecule has 0 spiro atoms. The lowest BCUT2D eigenvalue weighted by Gasteiger charge is -2.31. The Bertz CT molecular complexity index is 1000. The van der Waals surface area contributed by atoms with Crippen molar-refractivity contribution in [1.29, 1.82) is 0 Å². The molecule has 33 heavy (non-hydrogen) atoms. The van der Waals surface area contributed by atoms with E-state index >= 15 is 0 Å². The van der Waals surface area contributed by atoms with E-state index in [4.69, 9.17) is 11.6 Å². The molecule has 0 unspecified atom stereocenters. The average molecular weight is 513 g/mol. The van der Waals surface area contributed by atoms with Crippen LogP contribution in [0.1, 0.15) is 30.4 Å². The Morgan fingerprint density at radius 3 is 2.73 bits per heavy atom. The van der Waals surface area contributed by atoms with Crippen LogP contribution in [0.5, 0.6) is 0 Å². The van der Waals surface area contributed by atoms with E-state index in [1.54, 1.807) is 12.1 Å². The van der Waals surface area contributed by atoms with Crippen molar-refractivity contribution in [2.24, 2.45) is 5.92 Å². The molecule has 1 saturated heterocycles. The number of piperidine rings is 1. The Kier molecular flexibility index (Phi) is 10.0. The quantitative estimate of drug-likeness (QED) is 0.450. The van der Waals surface area contributed by atoms with Gasteiger partial charge in [0.05, 0.1) is 11.7 Å². The molecule has 0 aliphatic carbocycles. The van der Waals surface area contributed by atoms with Crippen LogP contribution in [0.25, 0.3) is 0 Å². The average Bonchev–Trinajstić information content (AvgIpc) is 2.81. The zero-order valence-electron chi connectivity index (χ0n) is 18.5. The van der Waals surface area contributed by atoms with Crippen molar-refractivity contribution in [2.75, 3.05) is 31.1 Å². The van der Waals surface area contributed by atoms with E-state index in [9.17, 15) is 17.6 Å². The number of amides is 1. The molecule has 1 fully saturated rings. The molecule has 2 aromatic carbocycles. The van der Waals surface area contributed by atoms with Gasteiger partial charge in [-0.25, -0.2) is 17.1 Å². The molecule has 0 aromatic heterocycles. The number of aryl methyl sites for hydroxylation is 1. The molecule has 1 aliphatic heterocycles. The summed E-state index contributed by atoms with van der Waals surface area (Å²) in [5.74, 6) is 0.347. The number of nitrogens with zero attached hydrogens (tertiary/aromatic N) is 1. The predicted octanol–water partition coefficient (Wildman–Crippen LogP) is 4.50. The number of carbonyl (C=O) groups is 1. The standard InChI is InChI=1S/C24H30ClFN2O3S2/c25-22-11-4-12-23(26)21(22)18-32-15-13-27-24(29)20-10-5-14-28(17-20)33(30,31)16-6-9-19-7-2-1-3-8-19/h1-4,7-8,11-12,20H,5-6,9-10,13-18H2,(H,27,29)/t20-/m0/s1. The fraction of sp³-hybridized carbons (Fsp3) is 0.458. The highest BCUT2D eigenvalue weighted by molar-refractivity contribution is 7.98. The summed E-state index contributed by atoms with van der Waals surface area (Å²) in [6.45, 7) is 1.14. The number of halogens is 2. The van der Waals surface area contributed by atoms with Gasteiger partial charge in [0.1, 0.15) is 5.82 Å². The van der Waals surface area contributed by atoms with Crippen LogP contribution in [-0.2, 0) is 27.0 Å². The summed E-state index contributed by atoms with van der Waals surface area (Å²) >= 11 is 7.52. The number of hydrogen-bond acceptors (Lipinski definition) is 4. The fourth-order valence-electron chi connectivity index (χ4n) is 3.88. The lowest BCUT2D eigenvalue weighted by Crippen LogP contribution is -2.46. The molecular formula is C24H30ClFN2O3S2. The Morgan fingerprint density at radius 2 is 1.97 bits per heavy atom. The highest BCUT2D eigenvalue weighted by Crippen LogP contribution is 2.24. The molecule has 1 atom stereocenters. The van der Waals surface area contributed by atoms with Gasteiger partial charge in [-0.1, -0.05) is 48.0 Å². The Hall–Kier alpha value is -1.61. The molecule has 0 radical (unpaired) electrons. The van der Waals surface area contributed by atoms with Gasteiger partial charge in [-0.05, 0) is 43.4 Å². The number of rotatable bonds is 11. The van der Waals surface area contributed by atoms with Gasteiger partial charge in [0.25, 0.3) is 0 Å². The van der Waals surface area contributed by atoms with Crippen molar-refractivity contribution in [1.82, 2.24) is 9.62 Å². The molecule has 3 rings (SSSR count). The third-order valence-electron chi connectivity index (χ3n) is 5.71.